The van der Waals surface area contributed by atoms with Crippen molar-refractivity contribution in [2.24, 2.45) is 0 Å². The third-order valence-corrected chi connectivity index (χ3v) is 2.61. The summed E-state index contributed by atoms with van der Waals surface area (Å²) in [6.45, 7) is 0.278. The van der Waals surface area contributed by atoms with E-state index in [1.54, 1.807) is 24.3 Å². The number of benzene rings is 1. The molecule has 0 spiro atoms. The first-order valence-electron chi connectivity index (χ1n) is 5.10. The number of carbonyl (C=O) groups excluding carboxylic acids is 1. The molecule has 1 aromatic carbocycles. The molecule has 0 aliphatic heterocycles. The molecule has 2 aromatic rings. The molecule has 0 aliphatic carbocycles. The molecule has 0 atom stereocenters. The fourth-order valence-electron chi connectivity index (χ4n) is 1.44. The summed E-state index contributed by atoms with van der Waals surface area (Å²) in [5.74, 6) is -1.28. The van der Waals surface area contributed by atoms with Gasteiger partial charge in [0.15, 0.2) is 0 Å². The van der Waals surface area contributed by atoms with Gasteiger partial charge in [0, 0.05) is 5.02 Å². The first-order valence-corrected chi connectivity index (χ1v) is 5.47. The number of methoxy groups -OCH3 is 1. The molecule has 8 heteroatoms. The van der Waals surface area contributed by atoms with Crippen LogP contribution < -0.4 is 39.3 Å². The Morgan fingerprint density at radius 2 is 2.11 bits per heavy atom. The minimum atomic E-state index is -0.758. The van der Waals surface area contributed by atoms with E-state index >= 15 is 0 Å². The van der Waals surface area contributed by atoms with Crippen LogP contribution in [0.25, 0.3) is 0 Å². The molecular formula is C11H10ClN3NaO3+. The fraction of sp³-hybridized carbons (Fsp3) is 0.182. The Kier molecular flexibility index (Phi) is 5.81. The number of carbonyl (C=O) groups is 1. The van der Waals surface area contributed by atoms with Crippen molar-refractivity contribution in [3.8, 4) is 5.88 Å². The zero-order valence-corrected chi connectivity index (χ0v) is 13.3. The van der Waals surface area contributed by atoms with Gasteiger partial charge < -0.3 is 9.84 Å². The van der Waals surface area contributed by atoms with Crippen molar-refractivity contribution in [1.82, 2.24) is 10.3 Å². The molecule has 0 radical (unpaired) electrons. The van der Waals surface area contributed by atoms with Crippen LogP contribution in [0.15, 0.2) is 24.3 Å². The Labute approximate surface area is 136 Å². The number of H-pyrrole nitrogens is 1. The average molecular weight is 291 g/mol. The van der Waals surface area contributed by atoms with E-state index in [4.69, 9.17) is 11.6 Å². The molecule has 6 nitrogen and oxygen atoms in total. The van der Waals surface area contributed by atoms with Crippen LogP contribution in [-0.4, -0.2) is 23.4 Å². The average Bonchev–Trinajstić information content (AvgIpc) is 2.73. The minimum absolute atomic E-state index is 0. The molecule has 0 bridgehead atoms. The van der Waals surface area contributed by atoms with Gasteiger partial charge >= 0.3 is 41.2 Å². The van der Waals surface area contributed by atoms with Crippen LogP contribution in [0.3, 0.4) is 0 Å². The number of rotatable bonds is 3. The largest absolute Gasteiger partial charge is 1.00 e. The number of aromatic amines is 1. The molecule has 0 aliphatic rings. The predicted molar refractivity (Wildman–Crippen MR) is 60.1 cm³/mol. The number of esters is 1. The Morgan fingerprint density at radius 1 is 1.47 bits per heavy atom. The molecule has 19 heavy (non-hydrogen) atoms. The maximum atomic E-state index is 11.8. The molecule has 1 heterocycles. The molecule has 0 fully saturated rings. The molecule has 94 valence electrons. The van der Waals surface area contributed by atoms with Crippen molar-refractivity contribution >= 4 is 17.6 Å². The standard InChI is InChI=1S/C11H10ClN3O3.Na/c1-18-11(17)9-10(16)15(14-13-9)6-7-2-4-8(12)5-3-7;/h2-5H,6H2,1H3,(H,14,16,17);/q;+1. The Balaban J connectivity index is 0.00000180. The van der Waals surface area contributed by atoms with Crippen LogP contribution in [0.5, 0.6) is 5.88 Å². The van der Waals surface area contributed by atoms with E-state index < -0.39 is 11.8 Å². The van der Waals surface area contributed by atoms with Crippen LogP contribution in [0, 0.1) is 0 Å². The smallest absolute Gasteiger partial charge is 0.838 e. The SMILES string of the molecule is COC(=O)c1n[nH][n+](Cc2ccc(Cl)cc2)c1[O-].[Na+]. The molecule has 1 N–H and O–H groups in total. The van der Waals surface area contributed by atoms with Crippen LogP contribution in [-0.2, 0) is 11.3 Å². The van der Waals surface area contributed by atoms with Gasteiger partial charge in [-0.2, -0.15) is 4.68 Å². The molecule has 2 rings (SSSR count). The van der Waals surface area contributed by atoms with Crippen molar-refractivity contribution in [3.05, 3.63) is 40.5 Å². The normalized spacial score (nSPS) is 9.79. The number of aromatic nitrogens is 3. The van der Waals surface area contributed by atoms with E-state index in [1.165, 1.54) is 11.8 Å². The van der Waals surface area contributed by atoms with E-state index in [2.05, 4.69) is 15.0 Å². The van der Waals surface area contributed by atoms with E-state index in [-0.39, 0.29) is 41.8 Å². The van der Waals surface area contributed by atoms with Crippen LogP contribution in [0.4, 0.5) is 0 Å². The molecule has 0 unspecified atom stereocenters. The fourth-order valence-corrected chi connectivity index (χ4v) is 1.57. The topological polar surface area (TPSA) is 81.9 Å². The van der Waals surface area contributed by atoms with Crippen molar-refractivity contribution in [3.63, 3.8) is 0 Å². The van der Waals surface area contributed by atoms with Crippen LogP contribution in [0.1, 0.15) is 16.1 Å². The van der Waals surface area contributed by atoms with E-state index in [9.17, 15) is 9.90 Å². The van der Waals surface area contributed by atoms with Gasteiger partial charge in [0.2, 0.25) is 0 Å². The zero-order valence-electron chi connectivity index (χ0n) is 10.5. The number of hydrogen-bond donors (Lipinski definition) is 1. The van der Waals surface area contributed by atoms with E-state index in [1.807, 2.05) is 0 Å². The molecule has 1 aromatic heterocycles. The van der Waals surface area contributed by atoms with Gasteiger partial charge in [-0.3, -0.25) is 0 Å². The maximum Gasteiger partial charge on any atom is 1.00 e. The van der Waals surface area contributed by atoms with Crippen molar-refractivity contribution in [2.75, 3.05) is 7.11 Å². The van der Waals surface area contributed by atoms with Crippen molar-refractivity contribution < 1.29 is 48.9 Å². The van der Waals surface area contributed by atoms with Crippen LogP contribution in [0.2, 0.25) is 5.02 Å². The van der Waals surface area contributed by atoms with Gasteiger partial charge in [0.05, 0.1) is 12.2 Å². The number of ether oxygens (including phenoxy) is 1. The summed E-state index contributed by atoms with van der Waals surface area (Å²) < 4.78 is 5.66. The second-order valence-electron chi connectivity index (χ2n) is 3.57. The van der Waals surface area contributed by atoms with Crippen molar-refractivity contribution in [2.45, 2.75) is 6.54 Å². The van der Waals surface area contributed by atoms with E-state index in [0.717, 1.165) is 5.56 Å². The Bertz CT molecular complexity index is 571. The summed E-state index contributed by atoms with van der Waals surface area (Å²) in [6, 6.07) is 7.01. The zero-order chi connectivity index (χ0) is 13.1. The number of halogens is 1. The summed E-state index contributed by atoms with van der Waals surface area (Å²) in [5.41, 5.74) is 0.605. The van der Waals surface area contributed by atoms with Crippen molar-refractivity contribution in [1.29, 1.82) is 0 Å². The molecule has 0 saturated heterocycles. The third kappa shape index (κ3) is 3.70. The molecular weight excluding hydrogens is 281 g/mol. The second-order valence-corrected chi connectivity index (χ2v) is 4.01. The third-order valence-electron chi connectivity index (χ3n) is 2.36. The molecule has 0 amide bonds. The minimum Gasteiger partial charge on any atom is -0.838 e. The second kappa shape index (κ2) is 6.91. The quantitative estimate of drug-likeness (QED) is 0.378. The Hall–Kier alpha value is -1.08. The number of nitrogens with one attached hydrogen (secondary N) is 1. The molecule has 0 saturated carbocycles. The summed E-state index contributed by atoms with van der Waals surface area (Å²) >= 11 is 5.76. The number of hydrogen-bond acceptors (Lipinski definition) is 4. The summed E-state index contributed by atoms with van der Waals surface area (Å²) in [5, 5.41) is 18.5. The van der Waals surface area contributed by atoms with Crippen LogP contribution >= 0.6 is 11.6 Å². The van der Waals surface area contributed by atoms with Gasteiger partial charge in [-0.15, -0.1) is 0 Å². The van der Waals surface area contributed by atoms with Gasteiger partial charge in [0.25, 0.3) is 0 Å². The van der Waals surface area contributed by atoms with Gasteiger partial charge in [-0.05, 0) is 17.7 Å². The first-order chi connectivity index (χ1) is 8.61. The first kappa shape index (κ1) is 16.0. The summed E-state index contributed by atoms with van der Waals surface area (Å²) in [6.07, 6.45) is 0. The Morgan fingerprint density at radius 3 is 2.68 bits per heavy atom. The van der Waals surface area contributed by atoms with Gasteiger partial charge in [-0.1, -0.05) is 28.9 Å². The predicted octanol–water partition coefficient (Wildman–Crippen LogP) is -2.74. The monoisotopic (exact) mass is 290 g/mol. The maximum absolute atomic E-state index is 11.8. The van der Waals surface area contributed by atoms with Gasteiger partial charge in [0.1, 0.15) is 12.4 Å². The summed E-state index contributed by atoms with van der Waals surface area (Å²) in [4.78, 5) is 11.2. The van der Waals surface area contributed by atoms with Gasteiger partial charge in [-0.25, -0.2) is 4.79 Å². The number of nitrogens with zero attached hydrogens (tertiary/aromatic N) is 2. The summed E-state index contributed by atoms with van der Waals surface area (Å²) in [7, 11) is 1.19. The van der Waals surface area contributed by atoms with E-state index in [0.29, 0.717) is 5.02 Å².